The van der Waals surface area contributed by atoms with E-state index in [4.69, 9.17) is 5.73 Å². The van der Waals surface area contributed by atoms with Gasteiger partial charge in [-0.3, -0.25) is 4.79 Å². The Morgan fingerprint density at radius 1 is 1.41 bits per heavy atom. The number of rotatable bonds is 6. The number of nitrogens with two attached hydrogens (primary N) is 1. The number of carbonyl (C=O) groups is 1. The maximum Gasteiger partial charge on any atom is 0.227 e. The van der Waals surface area contributed by atoms with Gasteiger partial charge in [0.15, 0.2) is 0 Å². The molecule has 0 bridgehead atoms. The topological polar surface area (TPSA) is 75.3 Å². The van der Waals surface area contributed by atoms with Crippen molar-refractivity contribution in [2.75, 3.05) is 12.9 Å². The summed E-state index contributed by atoms with van der Waals surface area (Å²) in [5.41, 5.74) is 4.77. The Morgan fingerprint density at radius 3 is 2.18 bits per heavy atom. The molecule has 0 rings (SSSR count). The number of nitrogens with one attached hydrogen (secondary N) is 1. The monoisotopic (exact) mass is 262 g/mol. The van der Waals surface area contributed by atoms with Crippen LogP contribution in [0.25, 0.3) is 0 Å². The zero-order valence-corrected chi connectivity index (χ0v) is 12.5. The van der Waals surface area contributed by atoms with E-state index in [1.54, 1.807) is 11.8 Å². The van der Waals surface area contributed by atoms with E-state index in [1.165, 1.54) is 0 Å². The predicted molar refractivity (Wildman–Crippen MR) is 74.0 cm³/mol. The second kappa shape index (κ2) is 6.07. The van der Waals surface area contributed by atoms with Gasteiger partial charge in [-0.2, -0.15) is 11.8 Å². The van der Waals surface area contributed by atoms with Crippen LogP contribution in [0.1, 0.15) is 34.6 Å². The number of aliphatic hydroxyl groups excluding tert-OH is 1. The highest BCUT2D eigenvalue weighted by molar-refractivity contribution is 7.99. The van der Waals surface area contributed by atoms with Crippen LogP contribution in [0.5, 0.6) is 0 Å². The van der Waals surface area contributed by atoms with Crippen LogP contribution in [-0.2, 0) is 4.79 Å². The molecular formula is C12H26N2O2S. The van der Waals surface area contributed by atoms with E-state index in [0.717, 1.165) is 0 Å². The SMILES string of the molecule is CSC(CO)C(C)NC(=O)C(C)(C)C(C)(C)N. The van der Waals surface area contributed by atoms with E-state index in [-0.39, 0.29) is 23.8 Å². The number of aliphatic hydroxyl groups is 1. The van der Waals surface area contributed by atoms with Gasteiger partial charge < -0.3 is 16.2 Å². The highest BCUT2D eigenvalue weighted by Crippen LogP contribution is 2.28. The predicted octanol–water partition coefficient (Wildman–Crippen LogP) is 0.978. The highest BCUT2D eigenvalue weighted by atomic mass is 32.2. The average molecular weight is 262 g/mol. The quantitative estimate of drug-likeness (QED) is 0.667. The molecule has 0 aliphatic rings. The van der Waals surface area contributed by atoms with Crippen molar-refractivity contribution < 1.29 is 9.90 Å². The summed E-state index contributed by atoms with van der Waals surface area (Å²) < 4.78 is 0. The minimum atomic E-state index is -0.653. The zero-order valence-electron chi connectivity index (χ0n) is 11.7. The molecule has 2 atom stereocenters. The fraction of sp³-hybridized carbons (Fsp3) is 0.917. The average Bonchev–Trinajstić information content (AvgIpc) is 2.17. The van der Waals surface area contributed by atoms with Crippen molar-refractivity contribution >= 4 is 17.7 Å². The minimum Gasteiger partial charge on any atom is -0.395 e. The van der Waals surface area contributed by atoms with Crippen molar-refractivity contribution in [3.05, 3.63) is 0 Å². The Hall–Kier alpha value is -0.260. The van der Waals surface area contributed by atoms with E-state index in [2.05, 4.69) is 5.32 Å². The number of thioether (sulfide) groups is 1. The third kappa shape index (κ3) is 4.16. The van der Waals surface area contributed by atoms with Gasteiger partial charge >= 0.3 is 0 Å². The summed E-state index contributed by atoms with van der Waals surface area (Å²) in [5.74, 6) is -0.0787. The molecule has 0 spiro atoms. The lowest BCUT2D eigenvalue weighted by atomic mass is 9.74. The Bertz CT molecular complexity index is 258. The Balaban J connectivity index is 4.65. The van der Waals surface area contributed by atoms with Crippen molar-refractivity contribution in [1.29, 1.82) is 0 Å². The molecule has 0 heterocycles. The molecule has 0 aliphatic carbocycles. The van der Waals surface area contributed by atoms with Gasteiger partial charge in [-0.1, -0.05) is 0 Å². The number of hydrogen-bond donors (Lipinski definition) is 3. The molecule has 0 aliphatic heterocycles. The van der Waals surface area contributed by atoms with Crippen LogP contribution >= 0.6 is 11.8 Å². The molecule has 0 aromatic carbocycles. The van der Waals surface area contributed by atoms with Crippen LogP contribution in [0.2, 0.25) is 0 Å². The third-order valence-corrected chi connectivity index (χ3v) is 4.74. The Kier molecular flexibility index (Phi) is 5.98. The minimum absolute atomic E-state index is 0.00985. The molecule has 2 unspecified atom stereocenters. The van der Waals surface area contributed by atoms with Gasteiger partial charge in [0.2, 0.25) is 5.91 Å². The summed E-state index contributed by atoms with van der Waals surface area (Å²) in [5, 5.41) is 12.1. The summed E-state index contributed by atoms with van der Waals surface area (Å²) in [4.78, 5) is 12.2. The first kappa shape index (κ1) is 16.7. The van der Waals surface area contributed by atoms with E-state index >= 15 is 0 Å². The summed E-state index contributed by atoms with van der Waals surface area (Å²) in [7, 11) is 0. The standard InChI is InChI=1S/C12H26N2O2S/c1-8(9(7-15)17-6)14-10(16)11(2,3)12(4,5)13/h8-9,15H,7,13H2,1-6H3,(H,14,16). The van der Waals surface area contributed by atoms with Crippen LogP contribution in [0, 0.1) is 5.41 Å². The maximum atomic E-state index is 12.2. The smallest absolute Gasteiger partial charge is 0.227 e. The first-order valence-corrected chi connectivity index (χ1v) is 7.10. The first-order chi connectivity index (χ1) is 7.57. The molecule has 4 N–H and O–H groups in total. The van der Waals surface area contributed by atoms with E-state index in [1.807, 2.05) is 40.9 Å². The number of hydrogen-bond acceptors (Lipinski definition) is 4. The maximum absolute atomic E-state index is 12.2. The van der Waals surface area contributed by atoms with E-state index in [9.17, 15) is 9.90 Å². The molecule has 0 saturated heterocycles. The molecule has 0 saturated carbocycles. The van der Waals surface area contributed by atoms with Gasteiger partial charge in [-0.25, -0.2) is 0 Å². The van der Waals surface area contributed by atoms with Crippen molar-refractivity contribution in [2.45, 2.75) is 51.4 Å². The van der Waals surface area contributed by atoms with Gasteiger partial charge in [0.25, 0.3) is 0 Å². The van der Waals surface area contributed by atoms with Crippen LogP contribution in [-0.4, -0.2) is 40.7 Å². The van der Waals surface area contributed by atoms with Crippen LogP contribution in [0.4, 0.5) is 0 Å². The first-order valence-electron chi connectivity index (χ1n) is 5.81. The van der Waals surface area contributed by atoms with Gasteiger partial charge in [-0.15, -0.1) is 0 Å². The number of carbonyl (C=O) groups excluding carboxylic acids is 1. The Morgan fingerprint density at radius 2 is 1.88 bits per heavy atom. The second-order valence-corrected chi connectivity index (χ2v) is 6.64. The lowest BCUT2D eigenvalue weighted by Gasteiger charge is -2.38. The summed E-state index contributed by atoms with van der Waals surface area (Å²) in [6.07, 6.45) is 1.92. The van der Waals surface area contributed by atoms with E-state index in [0.29, 0.717) is 0 Å². The lowest BCUT2D eigenvalue weighted by Crippen LogP contribution is -2.57. The number of amides is 1. The van der Waals surface area contributed by atoms with Gasteiger partial charge in [-0.05, 0) is 40.9 Å². The fourth-order valence-corrected chi connectivity index (χ4v) is 1.83. The van der Waals surface area contributed by atoms with Gasteiger partial charge in [0.05, 0.1) is 12.0 Å². The molecule has 0 aromatic heterocycles. The largest absolute Gasteiger partial charge is 0.395 e. The summed E-state index contributed by atoms with van der Waals surface area (Å²) >= 11 is 1.54. The molecule has 0 aromatic rings. The molecular weight excluding hydrogens is 236 g/mol. The summed E-state index contributed by atoms with van der Waals surface area (Å²) in [6.45, 7) is 9.30. The summed E-state index contributed by atoms with van der Waals surface area (Å²) in [6, 6.07) is -0.0795. The van der Waals surface area contributed by atoms with Gasteiger partial charge in [0, 0.05) is 16.8 Å². The molecule has 0 radical (unpaired) electrons. The zero-order chi connectivity index (χ0) is 13.9. The highest BCUT2D eigenvalue weighted by Gasteiger charge is 2.41. The second-order valence-electron chi connectivity index (χ2n) is 5.57. The molecule has 17 heavy (non-hydrogen) atoms. The Labute approximate surface area is 109 Å². The van der Waals surface area contributed by atoms with Crippen molar-refractivity contribution in [1.82, 2.24) is 5.32 Å². The molecule has 1 amide bonds. The molecule has 0 fully saturated rings. The van der Waals surface area contributed by atoms with Crippen LogP contribution in [0.3, 0.4) is 0 Å². The molecule has 4 nitrogen and oxygen atoms in total. The van der Waals surface area contributed by atoms with Crippen molar-refractivity contribution in [2.24, 2.45) is 11.1 Å². The fourth-order valence-electron chi connectivity index (χ4n) is 1.21. The van der Waals surface area contributed by atoms with Gasteiger partial charge in [0.1, 0.15) is 0 Å². The van der Waals surface area contributed by atoms with Crippen molar-refractivity contribution in [3.63, 3.8) is 0 Å². The normalized spacial score (nSPS) is 16.5. The van der Waals surface area contributed by atoms with Crippen LogP contribution < -0.4 is 11.1 Å². The van der Waals surface area contributed by atoms with Crippen LogP contribution in [0.15, 0.2) is 0 Å². The lowest BCUT2D eigenvalue weighted by molar-refractivity contribution is -0.132. The van der Waals surface area contributed by atoms with E-state index < -0.39 is 11.0 Å². The van der Waals surface area contributed by atoms with Crippen molar-refractivity contribution in [3.8, 4) is 0 Å². The molecule has 5 heteroatoms. The third-order valence-electron chi connectivity index (χ3n) is 3.58. The molecule has 102 valence electrons.